The van der Waals surface area contributed by atoms with E-state index in [2.05, 4.69) is 15.3 Å². The molecular weight excluding hydrogens is 328 g/mol. The zero-order valence-corrected chi connectivity index (χ0v) is 12.6. The maximum Gasteiger partial charge on any atom is 0.238 e. The van der Waals surface area contributed by atoms with Crippen molar-refractivity contribution < 1.29 is 13.5 Å². The zero-order chi connectivity index (χ0) is 15.9. The minimum atomic E-state index is -3.79. The highest BCUT2D eigenvalue weighted by Crippen LogP contribution is 2.29. The first-order valence-corrected chi connectivity index (χ1v) is 8.03. The van der Waals surface area contributed by atoms with Gasteiger partial charge in [0.05, 0.1) is 21.6 Å². The van der Waals surface area contributed by atoms with Gasteiger partial charge in [-0.25, -0.2) is 18.5 Å². The number of sulfonamides is 1. The van der Waals surface area contributed by atoms with Crippen LogP contribution in [0, 0.1) is 0 Å². The van der Waals surface area contributed by atoms with E-state index >= 15 is 0 Å². The van der Waals surface area contributed by atoms with Crippen molar-refractivity contribution in [2.75, 3.05) is 5.32 Å². The van der Waals surface area contributed by atoms with Crippen LogP contribution in [0.15, 0.2) is 41.3 Å². The van der Waals surface area contributed by atoms with E-state index in [0.717, 1.165) is 0 Å². The van der Waals surface area contributed by atoms with Crippen LogP contribution in [0.4, 0.5) is 11.6 Å². The van der Waals surface area contributed by atoms with Gasteiger partial charge in [-0.3, -0.25) is 0 Å². The Morgan fingerprint density at radius 3 is 2.73 bits per heavy atom. The van der Waals surface area contributed by atoms with E-state index in [1.807, 2.05) is 0 Å². The number of nitrogens with two attached hydrogens (primary N) is 1. The normalized spacial score (nSPS) is 11.7. The molecule has 0 saturated heterocycles. The van der Waals surface area contributed by atoms with Gasteiger partial charge in [-0.15, -0.1) is 0 Å². The molecule has 0 radical (unpaired) electrons. The number of fused-ring (bicyclic) bond motifs is 1. The van der Waals surface area contributed by atoms with Gasteiger partial charge in [-0.1, -0.05) is 11.6 Å². The Labute approximate surface area is 130 Å². The molecule has 0 bridgehead atoms. The average Bonchev–Trinajstić information content (AvgIpc) is 2.83. The molecule has 0 atom stereocenters. The molecule has 22 heavy (non-hydrogen) atoms. The van der Waals surface area contributed by atoms with Crippen LogP contribution < -0.4 is 10.5 Å². The summed E-state index contributed by atoms with van der Waals surface area (Å²) in [4.78, 5) is 7.15. The Morgan fingerprint density at radius 2 is 2.00 bits per heavy atom. The quantitative estimate of drug-likeness (QED) is 0.546. The Morgan fingerprint density at radius 1 is 1.23 bits per heavy atom. The molecule has 114 valence electrons. The molecule has 9 heteroatoms. The fourth-order valence-electron chi connectivity index (χ4n) is 1.96. The number of rotatable bonds is 3. The van der Waals surface area contributed by atoms with Crippen molar-refractivity contribution in [3.63, 3.8) is 0 Å². The molecule has 0 aliphatic carbocycles. The SMILES string of the molecule is NS(=O)(=O)c1ccc2[nH]c(Nc3cc(Cl)ccc3O)nc2c1. The van der Waals surface area contributed by atoms with Crippen LogP contribution in [0.5, 0.6) is 5.75 Å². The number of hydrogen-bond donors (Lipinski definition) is 4. The molecule has 3 aromatic rings. The fraction of sp³-hybridized carbons (Fsp3) is 0. The molecule has 0 unspecified atom stereocenters. The van der Waals surface area contributed by atoms with Gasteiger partial charge >= 0.3 is 0 Å². The summed E-state index contributed by atoms with van der Waals surface area (Å²) in [6, 6.07) is 8.86. The maximum atomic E-state index is 11.3. The molecule has 7 nitrogen and oxygen atoms in total. The number of anilines is 2. The van der Waals surface area contributed by atoms with Gasteiger partial charge in [0, 0.05) is 5.02 Å². The van der Waals surface area contributed by atoms with E-state index in [-0.39, 0.29) is 10.6 Å². The topological polar surface area (TPSA) is 121 Å². The second-order valence-corrected chi connectivity index (χ2v) is 6.59. The van der Waals surface area contributed by atoms with Crippen molar-refractivity contribution in [1.29, 1.82) is 0 Å². The number of nitrogens with one attached hydrogen (secondary N) is 2. The number of aromatic hydroxyl groups is 1. The van der Waals surface area contributed by atoms with Crippen molar-refractivity contribution >= 4 is 44.3 Å². The van der Waals surface area contributed by atoms with E-state index in [1.54, 1.807) is 18.2 Å². The van der Waals surface area contributed by atoms with Crippen LogP contribution in [0.25, 0.3) is 11.0 Å². The van der Waals surface area contributed by atoms with Gasteiger partial charge in [0.15, 0.2) is 0 Å². The Kier molecular flexibility index (Phi) is 3.44. The Bertz CT molecular complexity index is 969. The summed E-state index contributed by atoms with van der Waals surface area (Å²) in [6.07, 6.45) is 0. The number of halogens is 1. The highest BCUT2D eigenvalue weighted by Gasteiger charge is 2.11. The number of hydrogen-bond acceptors (Lipinski definition) is 5. The number of nitrogens with zero attached hydrogens (tertiary/aromatic N) is 1. The highest BCUT2D eigenvalue weighted by molar-refractivity contribution is 7.89. The molecule has 3 rings (SSSR count). The third-order valence-corrected chi connectivity index (χ3v) is 4.14. The lowest BCUT2D eigenvalue weighted by Crippen LogP contribution is -2.11. The van der Waals surface area contributed by atoms with E-state index in [4.69, 9.17) is 16.7 Å². The van der Waals surface area contributed by atoms with E-state index < -0.39 is 10.0 Å². The number of H-pyrrole nitrogens is 1. The minimum absolute atomic E-state index is 0.00933. The first kappa shape index (κ1) is 14.6. The molecule has 0 fully saturated rings. The minimum Gasteiger partial charge on any atom is -0.506 e. The summed E-state index contributed by atoms with van der Waals surface area (Å²) in [7, 11) is -3.79. The molecule has 1 heterocycles. The third kappa shape index (κ3) is 2.84. The first-order valence-electron chi connectivity index (χ1n) is 6.11. The maximum absolute atomic E-state index is 11.3. The lowest BCUT2D eigenvalue weighted by atomic mass is 10.3. The number of imidazole rings is 1. The molecule has 5 N–H and O–H groups in total. The summed E-state index contributed by atoms with van der Waals surface area (Å²) < 4.78 is 22.7. The molecule has 0 aliphatic heterocycles. The van der Waals surface area contributed by atoms with Gasteiger partial charge in [-0.05, 0) is 36.4 Å². The Hall–Kier alpha value is -2.29. The summed E-state index contributed by atoms with van der Waals surface area (Å²) in [5.74, 6) is 0.342. The smallest absolute Gasteiger partial charge is 0.238 e. The van der Waals surface area contributed by atoms with Crippen molar-refractivity contribution in [2.24, 2.45) is 5.14 Å². The Balaban J connectivity index is 2.00. The van der Waals surface area contributed by atoms with Gasteiger partial charge in [0.2, 0.25) is 16.0 Å². The summed E-state index contributed by atoms with van der Waals surface area (Å²) in [6.45, 7) is 0. The molecule has 2 aromatic carbocycles. The molecule has 1 aromatic heterocycles. The van der Waals surface area contributed by atoms with E-state index in [1.165, 1.54) is 18.2 Å². The number of phenols is 1. The predicted octanol–water partition coefficient (Wildman–Crippen LogP) is 2.31. The van der Waals surface area contributed by atoms with Crippen molar-refractivity contribution in [2.45, 2.75) is 4.90 Å². The number of phenolic OH excluding ortho intramolecular Hbond substituents is 1. The van der Waals surface area contributed by atoms with Crippen molar-refractivity contribution in [3.05, 3.63) is 41.4 Å². The zero-order valence-electron chi connectivity index (χ0n) is 11.0. The highest BCUT2D eigenvalue weighted by atomic mass is 35.5. The second kappa shape index (κ2) is 5.16. The van der Waals surface area contributed by atoms with Crippen LogP contribution in [0.1, 0.15) is 0 Å². The van der Waals surface area contributed by atoms with Crippen LogP contribution in [-0.4, -0.2) is 23.5 Å². The molecule has 0 spiro atoms. The number of primary sulfonamides is 1. The second-order valence-electron chi connectivity index (χ2n) is 4.60. The molecule has 0 amide bonds. The average molecular weight is 339 g/mol. The lowest BCUT2D eigenvalue weighted by molar-refractivity contribution is 0.477. The van der Waals surface area contributed by atoms with E-state index in [0.29, 0.717) is 27.7 Å². The summed E-state index contributed by atoms with van der Waals surface area (Å²) >= 11 is 5.87. The monoisotopic (exact) mass is 338 g/mol. The van der Waals surface area contributed by atoms with Gasteiger partial charge in [-0.2, -0.15) is 0 Å². The number of benzene rings is 2. The van der Waals surface area contributed by atoms with Crippen molar-refractivity contribution in [3.8, 4) is 5.75 Å². The van der Waals surface area contributed by atoms with Gasteiger partial charge < -0.3 is 15.4 Å². The van der Waals surface area contributed by atoms with Crippen LogP contribution in [0.3, 0.4) is 0 Å². The molecular formula is C13H11ClN4O3S. The standard InChI is InChI=1S/C13H11ClN4O3S/c14-7-1-4-12(19)11(5-7)18-13-16-9-3-2-8(22(15,20)21)6-10(9)17-13/h1-6,19H,(H2,15,20,21)(H2,16,17,18). The predicted molar refractivity (Wildman–Crippen MR) is 83.9 cm³/mol. The number of aromatic nitrogens is 2. The van der Waals surface area contributed by atoms with Crippen molar-refractivity contribution in [1.82, 2.24) is 9.97 Å². The molecule has 0 aliphatic rings. The van der Waals surface area contributed by atoms with E-state index in [9.17, 15) is 13.5 Å². The van der Waals surface area contributed by atoms with Crippen LogP contribution in [0.2, 0.25) is 5.02 Å². The molecule has 0 saturated carbocycles. The van der Waals surface area contributed by atoms with Crippen LogP contribution in [-0.2, 0) is 10.0 Å². The third-order valence-electron chi connectivity index (χ3n) is 2.99. The number of aromatic amines is 1. The summed E-state index contributed by atoms with van der Waals surface area (Å²) in [5.41, 5.74) is 1.42. The van der Waals surface area contributed by atoms with Gasteiger partial charge in [0.25, 0.3) is 0 Å². The lowest BCUT2D eigenvalue weighted by Gasteiger charge is -2.05. The van der Waals surface area contributed by atoms with Gasteiger partial charge in [0.1, 0.15) is 5.75 Å². The largest absolute Gasteiger partial charge is 0.506 e. The first-order chi connectivity index (χ1) is 10.3. The summed E-state index contributed by atoms with van der Waals surface area (Å²) in [5, 5.41) is 18.2. The van der Waals surface area contributed by atoms with Crippen LogP contribution >= 0.6 is 11.6 Å². The fourth-order valence-corrected chi connectivity index (χ4v) is 2.66.